The summed E-state index contributed by atoms with van der Waals surface area (Å²) in [5, 5.41) is 10.5. The van der Waals surface area contributed by atoms with Crippen LogP contribution in [0.25, 0.3) is 0 Å². The van der Waals surface area contributed by atoms with Crippen molar-refractivity contribution in [3.05, 3.63) is 76.5 Å². The lowest BCUT2D eigenvalue weighted by Gasteiger charge is -2.21. The van der Waals surface area contributed by atoms with Crippen molar-refractivity contribution < 1.29 is 23.4 Å². The first-order chi connectivity index (χ1) is 12.0. The average molecular weight is 363 g/mol. The van der Waals surface area contributed by atoms with Crippen molar-refractivity contribution in [3.63, 3.8) is 0 Å². The van der Waals surface area contributed by atoms with Gasteiger partial charge in [-0.05, 0) is 37.3 Å². The Morgan fingerprint density at radius 3 is 2.48 bits per heavy atom. The Labute approximate surface area is 145 Å². The predicted molar refractivity (Wildman–Crippen MR) is 92.9 cm³/mol. The topological polar surface area (TPSA) is 58.9 Å². The Morgan fingerprint density at radius 1 is 1.16 bits per heavy atom. The van der Waals surface area contributed by atoms with Crippen LogP contribution >= 0.6 is 10.9 Å². The van der Waals surface area contributed by atoms with Crippen LogP contribution in [0.4, 0.5) is 8.78 Å². The molecule has 1 aliphatic rings. The van der Waals surface area contributed by atoms with E-state index in [0.29, 0.717) is 15.5 Å². The number of hydrogen-bond acceptors (Lipinski definition) is 4. The zero-order valence-corrected chi connectivity index (χ0v) is 14.1. The number of nitrogens with zero attached hydrogens (tertiary/aromatic N) is 1. The summed E-state index contributed by atoms with van der Waals surface area (Å²) in [7, 11) is -1.66. The molecule has 0 saturated heterocycles. The highest BCUT2D eigenvalue weighted by atomic mass is 32.2. The predicted octanol–water partition coefficient (Wildman–Crippen LogP) is 4.08. The van der Waals surface area contributed by atoms with Gasteiger partial charge in [0.15, 0.2) is 0 Å². The van der Waals surface area contributed by atoms with Gasteiger partial charge in [0.1, 0.15) is 16.5 Å². The van der Waals surface area contributed by atoms with Crippen molar-refractivity contribution in [1.82, 2.24) is 0 Å². The maximum atomic E-state index is 13.7. The van der Waals surface area contributed by atoms with E-state index in [1.54, 1.807) is 19.1 Å². The number of benzene rings is 2. The third-order valence-corrected chi connectivity index (χ3v) is 5.88. The number of hydrogen-bond donors (Lipinski definition) is 2. The molecule has 1 aliphatic heterocycles. The Balaban J connectivity index is 2.13. The highest BCUT2D eigenvalue weighted by molar-refractivity contribution is 8.34. The molecule has 0 spiro atoms. The summed E-state index contributed by atoms with van der Waals surface area (Å²) in [4.78, 5) is 16.8. The van der Waals surface area contributed by atoms with Gasteiger partial charge in [0, 0.05) is 10.5 Å². The van der Waals surface area contributed by atoms with E-state index in [1.807, 2.05) is 0 Å². The summed E-state index contributed by atoms with van der Waals surface area (Å²) in [5.41, 5.74) is 0.418. The SMILES string of the molecule is CCOC(=O)C1=C(O)N=C(c2cccc(F)c2)[SH]1c1cccc(F)c1. The minimum atomic E-state index is -1.66. The van der Waals surface area contributed by atoms with Gasteiger partial charge in [-0.2, -0.15) is 0 Å². The molecule has 1 N–H and O–H groups in total. The fraction of sp³-hybridized carbons (Fsp3) is 0.111. The maximum Gasteiger partial charge on any atom is 0.349 e. The molecule has 2 aromatic carbocycles. The second kappa shape index (κ2) is 7.06. The quantitative estimate of drug-likeness (QED) is 0.636. The van der Waals surface area contributed by atoms with E-state index in [0.717, 1.165) is 0 Å². The maximum absolute atomic E-state index is 13.7. The first kappa shape index (κ1) is 17.2. The number of aliphatic imine (C=N–C) groups is 1. The monoisotopic (exact) mass is 363 g/mol. The van der Waals surface area contributed by atoms with Gasteiger partial charge in [0.25, 0.3) is 0 Å². The fourth-order valence-electron chi connectivity index (χ4n) is 2.48. The Bertz CT molecular complexity index is 895. The molecule has 1 unspecified atom stereocenters. The molecule has 0 aromatic heterocycles. The summed E-state index contributed by atoms with van der Waals surface area (Å²) in [6.07, 6.45) is 0. The van der Waals surface area contributed by atoms with Gasteiger partial charge in [0.2, 0.25) is 5.88 Å². The highest BCUT2D eigenvalue weighted by Gasteiger charge is 2.35. The van der Waals surface area contributed by atoms with Crippen LogP contribution in [0, 0.1) is 11.6 Å². The lowest BCUT2D eigenvalue weighted by Crippen LogP contribution is -2.11. The molecular formula is C18H15F2NO3S. The van der Waals surface area contributed by atoms with Gasteiger partial charge in [-0.25, -0.2) is 18.6 Å². The molecule has 25 heavy (non-hydrogen) atoms. The Morgan fingerprint density at radius 2 is 1.84 bits per heavy atom. The minimum absolute atomic E-state index is 0.0262. The fourth-order valence-corrected chi connectivity index (χ4v) is 4.77. The van der Waals surface area contributed by atoms with E-state index >= 15 is 0 Å². The number of aliphatic hydroxyl groups excluding tert-OH is 1. The Hall–Kier alpha value is -2.67. The van der Waals surface area contributed by atoms with E-state index in [-0.39, 0.29) is 11.5 Å². The van der Waals surface area contributed by atoms with Gasteiger partial charge in [0.05, 0.1) is 11.7 Å². The van der Waals surface area contributed by atoms with Crippen molar-refractivity contribution in [2.45, 2.75) is 11.8 Å². The first-order valence-corrected chi connectivity index (χ1v) is 8.86. The van der Waals surface area contributed by atoms with Crippen LogP contribution in [0.1, 0.15) is 12.5 Å². The van der Waals surface area contributed by atoms with E-state index < -0.39 is 34.4 Å². The molecule has 4 nitrogen and oxygen atoms in total. The van der Waals surface area contributed by atoms with Gasteiger partial charge >= 0.3 is 5.97 Å². The summed E-state index contributed by atoms with van der Waals surface area (Å²) < 4.78 is 32.3. The highest BCUT2D eigenvalue weighted by Crippen LogP contribution is 2.52. The number of carbonyl (C=O) groups is 1. The largest absolute Gasteiger partial charge is 0.492 e. The second-order valence-electron chi connectivity index (χ2n) is 5.15. The summed E-state index contributed by atoms with van der Waals surface area (Å²) >= 11 is 0. The van der Waals surface area contributed by atoms with Crippen molar-refractivity contribution >= 4 is 21.9 Å². The number of rotatable bonds is 4. The van der Waals surface area contributed by atoms with Crippen molar-refractivity contribution in [2.24, 2.45) is 4.99 Å². The molecule has 0 saturated carbocycles. The smallest absolute Gasteiger partial charge is 0.349 e. The molecule has 1 atom stereocenters. The van der Waals surface area contributed by atoms with Crippen LogP contribution in [0.3, 0.4) is 0 Å². The summed E-state index contributed by atoms with van der Waals surface area (Å²) in [6, 6.07) is 11.4. The lowest BCUT2D eigenvalue weighted by molar-refractivity contribution is -0.137. The standard InChI is InChI=1S/C18H15F2NO3S/c1-2-24-18(23)15-16(22)21-17(11-5-3-6-12(19)9-11)25(15)14-8-4-7-13(20)10-14/h3-10,22,25H,2H2,1H3. The van der Waals surface area contributed by atoms with Crippen LogP contribution in [-0.4, -0.2) is 22.7 Å². The van der Waals surface area contributed by atoms with E-state index in [2.05, 4.69) is 4.99 Å². The van der Waals surface area contributed by atoms with Crippen LogP contribution in [0.5, 0.6) is 0 Å². The molecule has 0 fully saturated rings. The van der Waals surface area contributed by atoms with Crippen LogP contribution in [0.15, 0.2) is 69.2 Å². The zero-order chi connectivity index (χ0) is 18.0. The number of thiol groups is 1. The number of esters is 1. The molecule has 0 amide bonds. The molecule has 0 bridgehead atoms. The van der Waals surface area contributed by atoms with Crippen molar-refractivity contribution in [3.8, 4) is 0 Å². The van der Waals surface area contributed by atoms with E-state index in [1.165, 1.54) is 36.4 Å². The Kier molecular flexibility index (Phi) is 4.85. The van der Waals surface area contributed by atoms with Crippen LogP contribution in [0.2, 0.25) is 0 Å². The summed E-state index contributed by atoms with van der Waals surface area (Å²) in [6.45, 7) is 1.76. The molecule has 7 heteroatoms. The molecule has 0 radical (unpaired) electrons. The molecule has 130 valence electrons. The molecule has 2 aromatic rings. The normalized spacial score (nSPS) is 18.2. The number of carbonyl (C=O) groups excluding carboxylic acids is 1. The van der Waals surface area contributed by atoms with Crippen LogP contribution < -0.4 is 0 Å². The van der Waals surface area contributed by atoms with Gasteiger partial charge in [-0.3, -0.25) is 0 Å². The third kappa shape index (κ3) is 3.41. The zero-order valence-electron chi connectivity index (χ0n) is 13.2. The van der Waals surface area contributed by atoms with Gasteiger partial charge < -0.3 is 9.84 Å². The molecule has 3 rings (SSSR count). The number of halogens is 2. The van der Waals surface area contributed by atoms with Gasteiger partial charge in [-0.1, -0.05) is 18.2 Å². The van der Waals surface area contributed by atoms with E-state index in [4.69, 9.17) is 4.74 Å². The lowest BCUT2D eigenvalue weighted by atomic mass is 10.2. The van der Waals surface area contributed by atoms with E-state index in [9.17, 15) is 18.7 Å². The molecule has 1 heterocycles. The van der Waals surface area contributed by atoms with Crippen LogP contribution in [-0.2, 0) is 9.53 Å². The summed E-state index contributed by atoms with van der Waals surface area (Å²) in [5.74, 6) is -2.15. The third-order valence-electron chi connectivity index (χ3n) is 3.48. The first-order valence-electron chi connectivity index (χ1n) is 7.52. The average Bonchev–Trinajstić information content (AvgIpc) is 2.92. The minimum Gasteiger partial charge on any atom is -0.492 e. The number of ether oxygens (including phenoxy) is 1. The van der Waals surface area contributed by atoms with Gasteiger partial charge in [-0.15, -0.1) is 10.9 Å². The van der Waals surface area contributed by atoms with Crippen molar-refractivity contribution in [2.75, 3.05) is 6.61 Å². The molecular weight excluding hydrogens is 348 g/mol. The molecule has 0 aliphatic carbocycles. The number of aliphatic hydroxyl groups is 1. The second-order valence-corrected chi connectivity index (χ2v) is 7.21. The van der Waals surface area contributed by atoms with Crippen molar-refractivity contribution in [1.29, 1.82) is 0 Å².